The van der Waals surface area contributed by atoms with E-state index in [9.17, 15) is 14.4 Å². The first-order valence-electron chi connectivity index (χ1n) is 9.25. The number of fused-ring (bicyclic) bond motifs is 1. The molecule has 0 aliphatic rings. The molecule has 2 N–H and O–H groups in total. The molecular formula is C20H22N6O4. The van der Waals surface area contributed by atoms with E-state index in [1.54, 1.807) is 19.1 Å². The van der Waals surface area contributed by atoms with Gasteiger partial charge in [0.05, 0.1) is 6.54 Å². The minimum absolute atomic E-state index is 0.198. The van der Waals surface area contributed by atoms with Crippen LogP contribution in [0.2, 0.25) is 0 Å². The van der Waals surface area contributed by atoms with Crippen molar-refractivity contribution >= 4 is 29.2 Å². The van der Waals surface area contributed by atoms with E-state index in [0.29, 0.717) is 5.69 Å². The van der Waals surface area contributed by atoms with Crippen molar-refractivity contribution in [1.82, 2.24) is 24.9 Å². The molecule has 2 heterocycles. The number of anilines is 1. The maximum absolute atomic E-state index is 12.1. The number of benzene rings is 1. The van der Waals surface area contributed by atoms with Crippen molar-refractivity contribution in [2.75, 3.05) is 18.5 Å². The van der Waals surface area contributed by atoms with Crippen LogP contribution in [0, 0.1) is 27.7 Å². The Bertz CT molecular complexity index is 1140. The van der Waals surface area contributed by atoms with E-state index >= 15 is 0 Å². The number of esters is 1. The summed E-state index contributed by atoms with van der Waals surface area (Å²) in [5.41, 5.74) is 4.18. The summed E-state index contributed by atoms with van der Waals surface area (Å²) in [6.07, 6.45) is 0. The summed E-state index contributed by atoms with van der Waals surface area (Å²) in [5.74, 6) is -1.79. The molecule has 2 amide bonds. The van der Waals surface area contributed by atoms with Crippen molar-refractivity contribution in [2.45, 2.75) is 27.7 Å². The van der Waals surface area contributed by atoms with E-state index in [0.717, 1.165) is 22.5 Å². The predicted molar refractivity (Wildman–Crippen MR) is 108 cm³/mol. The van der Waals surface area contributed by atoms with Crippen LogP contribution >= 0.6 is 0 Å². The van der Waals surface area contributed by atoms with Crippen LogP contribution in [0.5, 0.6) is 0 Å². The molecule has 0 spiro atoms. The van der Waals surface area contributed by atoms with Gasteiger partial charge in [0.1, 0.15) is 0 Å². The largest absolute Gasteiger partial charge is 0.450 e. The minimum atomic E-state index is -0.854. The van der Waals surface area contributed by atoms with Gasteiger partial charge in [0.2, 0.25) is 5.91 Å². The zero-order chi connectivity index (χ0) is 21.8. The van der Waals surface area contributed by atoms with Gasteiger partial charge in [0.25, 0.3) is 17.5 Å². The van der Waals surface area contributed by atoms with Crippen molar-refractivity contribution < 1.29 is 19.1 Å². The lowest BCUT2D eigenvalue weighted by molar-refractivity contribution is -0.126. The Kier molecular flexibility index (Phi) is 6.05. The Hall–Kier alpha value is -3.82. The fraction of sp³-hybridized carbons (Fsp3) is 0.300. The van der Waals surface area contributed by atoms with Crippen LogP contribution < -0.4 is 10.6 Å². The lowest BCUT2D eigenvalue weighted by atomic mass is 10.1. The quantitative estimate of drug-likeness (QED) is 0.586. The second kappa shape index (κ2) is 8.68. The van der Waals surface area contributed by atoms with Gasteiger partial charge in [-0.05, 0) is 51.0 Å². The zero-order valence-electron chi connectivity index (χ0n) is 17.1. The zero-order valence-corrected chi connectivity index (χ0v) is 17.1. The summed E-state index contributed by atoms with van der Waals surface area (Å²) in [6.45, 7) is 6.64. The molecule has 10 heteroatoms. The lowest BCUT2D eigenvalue weighted by Gasteiger charge is -2.11. The monoisotopic (exact) mass is 410 g/mol. The average Bonchev–Trinajstić information content (AvgIpc) is 3.12. The first-order chi connectivity index (χ1) is 14.2. The predicted octanol–water partition coefficient (Wildman–Crippen LogP) is 1.27. The molecule has 0 aliphatic carbocycles. The molecule has 1 aromatic carbocycles. The normalized spacial score (nSPS) is 10.7. The molecule has 30 heavy (non-hydrogen) atoms. The average molecular weight is 410 g/mol. The molecule has 0 radical (unpaired) electrons. The number of amides is 2. The van der Waals surface area contributed by atoms with E-state index in [1.165, 1.54) is 4.52 Å². The third kappa shape index (κ3) is 4.77. The van der Waals surface area contributed by atoms with Crippen LogP contribution in [0.1, 0.15) is 33.1 Å². The first kappa shape index (κ1) is 20.9. The molecule has 0 fully saturated rings. The smallest absolute Gasteiger partial charge is 0.378 e. The van der Waals surface area contributed by atoms with Crippen LogP contribution in [0.3, 0.4) is 0 Å². The van der Waals surface area contributed by atoms with Crippen molar-refractivity contribution in [1.29, 1.82) is 0 Å². The third-order valence-corrected chi connectivity index (χ3v) is 4.46. The molecular weight excluding hydrogens is 388 g/mol. The Morgan fingerprint density at radius 2 is 1.83 bits per heavy atom. The van der Waals surface area contributed by atoms with Crippen LogP contribution in [0.15, 0.2) is 24.3 Å². The highest BCUT2D eigenvalue weighted by Crippen LogP contribution is 2.17. The summed E-state index contributed by atoms with van der Waals surface area (Å²) < 4.78 is 6.34. The highest BCUT2D eigenvalue weighted by atomic mass is 16.5. The number of carbonyl (C=O) groups excluding carboxylic acids is 3. The van der Waals surface area contributed by atoms with Crippen LogP contribution in [0.25, 0.3) is 5.78 Å². The highest BCUT2D eigenvalue weighted by Gasteiger charge is 2.18. The van der Waals surface area contributed by atoms with Crippen LogP contribution in [0.4, 0.5) is 5.69 Å². The Morgan fingerprint density at radius 3 is 2.60 bits per heavy atom. The molecule has 0 atom stereocenters. The van der Waals surface area contributed by atoms with Crippen molar-refractivity contribution in [3.8, 4) is 0 Å². The number of aromatic nitrogens is 4. The lowest BCUT2D eigenvalue weighted by Crippen LogP contribution is -2.35. The molecule has 3 rings (SSSR count). The van der Waals surface area contributed by atoms with Gasteiger partial charge in [-0.3, -0.25) is 9.59 Å². The van der Waals surface area contributed by atoms with Crippen molar-refractivity contribution in [3.63, 3.8) is 0 Å². The molecule has 156 valence electrons. The van der Waals surface area contributed by atoms with E-state index in [1.807, 2.05) is 32.9 Å². The summed E-state index contributed by atoms with van der Waals surface area (Å²) in [7, 11) is 0. The van der Waals surface area contributed by atoms with Gasteiger partial charge in [-0.1, -0.05) is 12.1 Å². The number of aryl methyl sites for hydroxylation is 3. The fourth-order valence-electron chi connectivity index (χ4n) is 2.76. The Labute approximate surface area is 172 Å². The molecule has 10 nitrogen and oxygen atoms in total. The highest BCUT2D eigenvalue weighted by molar-refractivity contribution is 5.95. The second-order valence-corrected chi connectivity index (χ2v) is 6.83. The number of carbonyl (C=O) groups is 3. The number of ether oxygens (including phenoxy) is 1. The number of rotatable bonds is 6. The number of hydrogen-bond acceptors (Lipinski definition) is 7. The molecule has 3 aromatic rings. The summed E-state index contributed by atoms with van der Waals surface area (Å²) in [5, 5.41) is 9.17. The van der Waals surface area contributed by atoms with Crippen molar-refractivity contribution in [3.05, 3.63) is 52.6 Å². The molecule has 0 saturated carbocycles. The van der Waals surface area contributed by atoms with Gasteiger partial charge in [0.15, 0.2) is 6.61 Å². The van der Waals surface area contributed by atoms with Gasteiger partial charge in [-0.2, -0.15) is 4.98 Å². The topological polar surface area (TPSA) is 128 Å². The molecule has 2 aromatic heterocycles. The molecule has 0 aliphatic heterocycles. The van der Waals surface area contributed by atoms with E-state index < -0.39 is 18.5 Å². The van der Waals surface area contributed by atoms with E-state index in [4.69, 9.17) is 4.74 Å². The van der Waals surface area contributed by atoms with Crippen LogP contribution in [-0.4, -0.2) is 50.5 Å². The standard InChI is InChI=1S/C20H22N6O4/c1-11-6-5-7-15(14(11)4)23-16(27)9-21-17(28)10-30-19(29)18-24-20-22-12(2)8-13(3)26(20)25-18/h5-8H,9-10H2,1-4H3,(H,21,28)(H,23,27). The number of nitrogens with zero attached hydrogens (tertiary/aromatic N) is 4. The molecule has 0 saturated heterocycles. The SMILES string of the molecule is Cc1cc(C)n2nc(C(=O)OCC(=O)NCC(=O)Nc3cccc(C)c3C)nc2n1. The minimum Gasteiger partial charge on any atom is -0.450 e. The third-order valence-electron chi connectivity index (χ3n) is 4.46. The van der Waals surface area contributed by atoms with Gasteiger partial charge in [-0.15, -0.1) is 5.10 Å². The maximum atomic E-state index is 12.1. The van der Waals surface area contributed by atoms with Gasteiger partial charge >= 0.3 is 5.97 Å². The van der Waals surface area contributed by atoms with Crippen molar-refractivity contribution in [2.24, 2.45) is 0 Å². The van der Waals surface area contributed by atoms with Gasteiger partial charge < -0.3 is 15.4 Å². The molecule has 0 bridgehead atoms. The van der Waals surface area contributed by atoms with Crippen LogP contribution in [-0.2, 0) is 14.3 Å². The Morgan fingerprint density at radius 1 is 1.07 bits per heavy atom. The maximum Gasteiger partial charge on any atom is 0.378 e. The number of nitrogens with one attached hydrogen (secondary N) is 2. The second-order valence-electron chi connectivity index (χ2n) is 6.83. The van der Waals surface area contributed by atoms with E-state index in [2.05, 4.69) is 25.7 Å². The Balaban J connectivity index is 1.49. The van der Waals surface area contributed by atoms with Gasteiger partial charge in [-0.25, -0.2) is 14.3 Å². The summed E-state index contributed by atoms with van der Waals surface area (Å²) in [4.78, 5) is 44.3. The molecule has 0 unspecified atom stereocenters. The number of hydrogen-bond donors (Lipinski definition) is 2. The first-order valence-corrected chi connectivity index (χ1v) is 9.25. The summed E-state index contributed by atoms with van der Waals surface area (Å²) >= 11 is 0. The van der Waals surface area contributed by atoms with Gasteiger partial charge in [0, 0.05) is 17.1 Å². The fourth-order valence-corrected chi connectivity index (χ4v) is 2.76. The van der Waals surface area contributed by atoms with E-state index in [-0.39, 0.29) is 24.1 Å². The summed E-state index contributed by atoms with van der Waals surface area (Å²) in [6, 6.07) is 7.36.